The number of hydrogen-bond donors (Lipinski definition) is 1. The van der Waals surface area contributed by atoms with E-state index in [4.69, 9.17) is 9.47 Å². The van der Waals surface area contributed by atoms with Gasteiger partial charge in [0, 0.05) is 30.9 Å². The van der Waals surface area contributed by atoms with Crippen LogP contribution in [-0.4, -0.2) is 36.6 Å². The van der Waals surface area contributed by atoms with Gasteiger partial charge in [0.25, 0.3) is 0 Å². The van der Waals surface area contributed by atoms with Gasteiger partial charge < -0.3 is 19.7 Å². The molecular weight excluding hydrogens is 496 g/mol. The molecule has 0 spiro atoms. The van der Waals surface area contributed by atoms with Crippen LogP contribution in [0.15, 0.2) is 77.3 Å². The maximum absolute atomic E-state index is 13.6. The highest BCUT2D eigenvalue weighted by Gasteiger charge is 2.29. The van der Waals surface area contributed by atoms with Gasteiger partial charge in [0.05, 0.1) is 0 Å². The van der Waals surface area contributed by atoms with Crippen LogP contribution in [0.4, 0.5) is 0 Å². The Balaban J connectivity index is 1.57. The smallest absolute Gasteiger partial charge is 0.242 e. The van der Waals surface area contributed by atoms with Gasteiger partial charge in [-0.3, -0.25) is 9.59 Å². The van der Waals surface area contributed by atoms with Gasteiger partial charge in [-0.05, 0) is 47.4 Å². The monoisotopic (exact) mass is 522 g/mol. The number of fused-ring (bicyclic) bond motifs is 1. The molecule has 3 aromatic rings. The molecule has 0 saturated heterocycles. The first kappa shape index (κ1) is 23.8. The van der Waals surface area contributed by atoms with E-state index in [0.717, 1.165) is 21.2 Å². The SMILES string of the molecule is CNC(=O)[C@@H](Cc1ccccc1)N(Cc1cccc(Br)c1)C(=O)CCc1ccc2c(c1)OCO2. The third-order valence-corrected chi connectivity index (χ3v) is 6.32. The van der Waals surface area contributed by atoms with E-state index in [-0.39, 0.29) is 25.0 Å². The molecule has 3 aromatic carbocycles. The lowest BCUT2D eigenvalue weighted by atomic mass is 10.0. The molecule has 2 amide bonds. The third kappa shape index (κ3) is 5.97. The van der Waals surface area contributed by atoms with Crippen LogP contribution in [-0.2, 0) is 29.0 Å². The fraction of sp³-hybridized carbons (Fsp3) is 0.259. The van der Waals surface area contributed by atoms with Crippen molar-refractivity contribution in [2.75, 3.05) is 13.8 Å². The number of aryl methyl sites for hydroxylation is 1. The number of hydrogen-bond acceptors (Lipinski definition) is 4. The molecule has 176 valence electrons. The lowest BCUT2D eigenvalue weighted by molar-refractivity contribution is -0.141. The van der Waals surface area contributed by atoms with Crippen molar-refractivity contribution in [3.8, 4) is 11.5 Å². The summed E-state index contributed by atoms with van der Waals surface area (Å²) < 4.78 is 11.8. The Bertz CT molecular complexity index is 1150. The number of rotatable bonds is 9. The predicted molar refractivity (Wildman–Crippen MR) is 134 cm³/mol. The van der Waals surface area contributed by atoms with Crippen molar-refractivity contribution < 1.29 is 19.1 Å². The highest BCUT2D eigenvalue weighted by molar-refractivity contribution is 9.10. The molecule has 1 aliphatic rings. The Morgan fingerprint density at radius 3 is 2.47 bits per heavy atom. The number of ether oxygens (including phenoxy) is 2. The molecule has 1 heterocycles. The van der Waals surface area contributed by atoms with Crippen LogP contribution in [0.5, 0.6) is 11.5 Å². The first-order valence-corrected chi connectivity index (χ1v) is 12.0. The molecule has 0 saturated carbocycles. The number of benzene rings is 3. The lowest BCUT2D eigenvalue weighted by Crippen LogP contribution is -2.49. The van der Waals surface area contributed by atoms with E-state index in [1.54, 1.807) is 11.9 Å². The number of carbonyl (C=O) groups excluding carboxylic acids is 2. The molecule has 1 atom stereocenters. The summed E-state index contributed by atoms with van der Waals surface area (Å²) in [7, 11) is 1.61. The third-order valence-electron chi connectivity index (χ3n) is 5.82. The van der Waals surface area contributed by atoms with E-state index in [1.807, 2.05) is 72.8 Å². The second-order valence-corrected chi connectivity index (χ2v) is 9.07. The Morgan fingerprint density at radius 2 is 1.71 bits per heavy atom. The van der Waals surface area contributed by atoms with Crippen molar-refractivity contribution in [1.29, 1.82) is 0 Å². The van der Waals surface area contributed by atoms with Crippen molar-refractivity contribution in [1.82, 2.24) is 10.2 Å². The second kappa shape index (κ2) is 11.2. The highest BCUT2D eigenvalue weighted by Crippen LogP contribution is 2.33. The first-order chi connectivity index (χ1) is 16.5. The summed E-state index contributed by atoms with van der Waals surface area (Å²) in [6.45, 7) is 0.551. The fourth-order valence-electron chi connectivity index (χ4n) is 4.04. The predicted octanol–water partition coefficient (Wildman–Crippen LogP) is 4.50. The fourth-order valence-corrected chi connectivity index (χ4v) is 4.49. The molecule has 0 fully saturated rings. The zero-order valence-corrected chi connectivity index (χ0v) is 20.6. The molecule has 0 aliphatic carbocycles. The van der Waals surface area contributed by atoms with Crippen LogP contribution in [0.2, 0.25) is 0 Å². The number of likely N-dealkylation sites (N-methyl/N-ethyl adjacent to an activating group) is 1. The van der Waals surface area contributed by atoms with E-state index in [2.05, 4.69) is 21.2 Å². The average molecular weight is 523 g/mol. The number of halogens is 1. The molecule has 0 aromatic heterocycles. The van der Waals surface area contributed by atoms with E-state index in [9.17, 15) is 9.59 Å². The molecule has 0 bridgehead atoms. The normalized spacial score (nSPS) is 12.8. The molecule has 7 heteroatoms. The van der Waals surface area contributed by atoms with Gasteiger partial charge in [-0.1, -0.05) is 64.5 Å². The van der Waals surface area contributed by atoms with Crippen LogP contribution in [0.3, 0.4) is 0 Å². The van der Waals surface area contributed by atoms with Crippen LogP contribution in [0.25, 0.3) is 0 Å². The quantitative estimate of drug-likeness (QED) is 0.449. The number of carbonyl (C=O) groups is 2. The summed E-state index contributed by atoms with van der Waals surface area (Å²) in [4.78, 5) is 28.2. The molecule has 4 rings (SSSR count). The Labute approximate surface area is 208 Å². The van der Waals surface area contributed by atoms with Gasteiger partial charge in [0.15, 0.2) is 11.5 Å². The Hall–Kier alpha value is -3.32. The second-order valence-electron chi connectivity index (χ2n) is 8.16. The summed E-state index contributed by atoms with van der Waals surface area (Å²) >= 11 is 3.50. The topological polar surface area (TPSA) is 67.9 Å². The van der Waals surface area contributed by atoms with Crippen molar-refractivity contribution in [3.63, 3.8) is 0 Å². The molecule has 1 N–H and O–H groups in total. The summed E-state index contributed by atoms with van der Waals surface area (Å²) in [5, 5.41) is 2.75. The summed E-state index contributed by atoms with van der Waals surface area (Å²) in [5.41, 5.74) is 2.94. The van der Waals surface area contributed by atoms with Gasteiger partial charge in [0.1, 0.15) is 6.04 Å². The molecule has 0 radical (unpaired) electrons. The molecule has 0 unspecified atom stereocenters. The number of nitrogens with zero attached hydrogens (tertiary/aromatic N) is 1. The van der Waals surface area contributed by atoms with Crippen molar-refractivity contribution in [2.45, 2.75) is 31.8 Å². The lowest BCUT2D eigenvalue weighted by Gasteiger charge is -2.31. The maximum atomic E-state index is 13.6. The standard InChI is InChI=1S/C27H27BrN2O4/c1-29-27(32)23(15-19-6-3-2-4-7-19)30(17-21-8-5-9-22(28)14-21)26(31)13-11-20-10-12-24-25(16-20)34-18-33-24/h2-10,12,14,16,23H,11,13,15,17-18H2,1H3,(H,29,32)/t23-/m1/s1. The number of nitrogens with one attached hydrogen (secondary N) is 1. The van der Waals surface area contributed by atoms with Gasteiger partial charge in [-0.15, -0.1) is 0 Å². The zero-order valence-electron chi connectivity index (χ0n) is 19.0. The van der Waals surface area contributed by atoms with Crippen LogP contribution < -0.4 is 14.8 Å². The first-order valence-electron chi connectivity index (χ1n) is 11.2. The van der Waals surface area contributed by atoms with E-state index in [0.29, 0.717) is 30.9 Å². The highest BCUT2D eigenvalue weighted by atomic mass is 79.9. The summed E-state index contributed by atoms with van der Waals surface area (Å²) in [5.74, 6) is 1.15. The van der Waals surface area contributed by atoms with Crippen molar-refractivity contribution in [3.05, 3.63) is 94.0 Å². The summed E-state index contributed by atoms with van der Waals surface area (Å²) in [6, 6.07) is 22.7. The van der Waals surface area contributed by atoms with Crippen LogP contribution >= 0.6 is 15.9 Å². The van der Waals surface area contributed by atoms with E-state index in [1.165, 1.54) is 0 Å². The molecule has 6 nitrogen and oxygen atoms in total. The Kier molecular flexibility index (Phi) is 7.85. The minimum atomic E-state index is -0.629. The minimum Gasteiger partial charge on any atom is -0.454 e. The van der Waals surface area contributed by atoms with Crippen LogP contribution in [0, 0.1) is 0 Å². The van der Waals surface area contributed by atoms with E-state index < -0.39 is 6.04 Å². The molecule has 1 aliphatic heterocycles. The molecular formula is C27H27BrN2O4. The van der Waals surface area contributed by atoms with Crippen molar-refractivity contribution in [2.24, 2.45) is 0 Å². The average Bonchev–Trinajstić information content (AvgIpc) is 3.33. The van der Waals surface area contributed by atoms with Gasteiger partial charge in [-0.25, -0.2) is 0 Å². The zero-order chi connectivity index (χ0) is 23.9. The molecule has 34 heavy (non-hydrogen) atoms. The van der Waals surface area contributed by atoms with Gasteiger partial charge in [-0.2, -0.15) is 0 Å². The van der Waals surface area contributed by atoms with Crippen molar-refractivity contribution >= 4 is 27.7 Å². The van der Waals surface area contributed by atoms with E-state index >= 15 is 0 Å². The van der Waals surface area contributed by atoms with Crippen LogP contribution in [0.1, 0.15) is 23.1 Å². The largest absolute Gasteiger partial charge is 0.454 e. The van der Waals surface area contributed by atoms with Gasteiger partial charge in [0.2, 0.25) is 18.6 Å². The minimum absolute atomic E-state index is 0.0813. The Morgan fingerprint density at radius 1 is 0.941 bits per heavy atom. The summed E-state index contributed by atoms with van der Waals surface area (Å²) in [6.07, 6.45) is 1.25. The van der Waals surface area contributed by atoms with Gasteiger partial charge >= 0.3 is 0 Å². The number of amides is 2. The maximum Gasteiger partial charge on any atom is 0.242 e.